The van der Waals surface area contributed by atoms with Crippen LogP contribution in [0.2, 0.25) is 0 Å². The SMILES string of the molecule is C=Cc1cccc2c3c(c(=C)c(=C)c12)C(/C=C\C)=CCC=C3. The van der Waals surface area contributed by atoms with Gasteiger partial charge in [-0.15, -0.1) is 0 Å². The van der Waals surface area contributed by atoms with Crippen LogP contribution in [0.15, 0.2) is 49.1 Å². The lowest BCUT2D eigenvalue weighted by Crippen LogP contribution is -2.28. The Morgan fingerprint density at radius 3 is 2.68 bits per heavy atom. The van der Waals surface area contributed by atoms with Gasteiger partial charge in [-0.2, -0.15) is 0 Å². The van der Waals surface area contributed by atoms with Gasteiger partial charge < -0.3 is 0 Å². The minimum atomic E-state index is 0.933. The van der Waals surface area contributed by atoms with Crippen LogP contribution >= 0.6 is 0 Å². The molecule has 2 aromatic rings. The largest absolute Gasteiger partial charge is 0.0984 e. The molecule has 0 fully saturated rings. The molecule has 0 unspecified atom stereocenters. The second-order valence-corrected chi connectivity index (χ2v) is 5.52. The number of hydrogen-bond acceptors (Lipinski definition) is 0. The van der Waals surface area contributed by atoms with Crippen LogP contribution in [0.5, 0.6) is 0 Å². The fraction of sp³-hybridized carbons (Fsp3) is 0.0909. The molecule has 0 heteroatoms. The van der Waals surface area contributed by atoms with E-state index in [1.54, 1.807) is 0 Å². The van der Waals surface area contributed by atoms with Crippen LogP contribution in [0.4, 0.5) is 0 Å². The summed E-state index contributed by atoms with van der Waals surface area (Å²) in [6, 6.07) is 6.33. The molecule has 108 valence electrons. The third kappa shape index (κ3) is 2.08. The summed E-state index contributed by atoms with van der Waals surface area (Å²) in [5.74, 6) is 0. The van der Waals surface area contributed by atoms with Gasteiger partial charge in [0.05, 0.1) is 0 Å². The predicted molar refractivity (Wildman–Crippen MR) is 101 cm³/mol. The lowest BCUT2D eigenvalue weighted by atomic mass is 9.89. The highest BCUT2D eigenvalue weighted by Gasteiger charge is 2.14. The molecule has 2 aromatic carbocycles. The smallest absolute Gasteiger partial charge is 0.00328 e. The lowest BCUT2D eigenvalue weighted by molar-refractivity contribution is 1.42. The maximum Gasteiger partial charge on any atom is -0.00328 e. The number of fused-ring (bicyclic) bond motifs is 3. The van der Waals surface area contributed by atoms with Crippen molar-refractivity contribution in [3.8, 4) is 0 Å². The van der Waals surface area contributed by atoms with E-state index in [1.807, 2.05) is 13.0 Å². The molecule has 0 nitrogen and oxygen atoms in total. The molecular formula is C22H20. The van der Waals surface area contributed by atoms with Gasteiger partial charge in [-0.05, 0) is 56.8 Å². The molecule has 22 heavy (non-hydrogen) atoms. The first kappa shape index (κ1) is 14.3. The molecule has 0 heterocycles. The molecule has 0 spiro atoms. The third-order valence-electron chi connectivity index (χ3n) is 4.24. The molecule has 0 amide bonds. The quantitative estimate of drug-likeness (QED) is 0.751. The summed E-state index contributed by atoms with van der Waals surface area (Å²) in [4.78, 5) is 0. The summed E-state index contributed by atoms with van der Waals surface area (Å²) in [6.45, 7) is 14.6. The van der Waals surface area contributed by atoms with E-state index in [2.05, 4.69) is 68.3 Å². The zero-order valence-corrected chi connectivity index (χ0v) is 13.0. The first-order valence-corrected chi connectivity index (χ1v) is 7.57. The topological polar surface area (TPSA) is 0 Å². The van der Waals surface area contributed by atoms with Crippen molar-refractivity contribution in [2.24, 2.45) is 0 Å². The fourth-order valence-corrected chi connectivity index (χ4v) is 3.22. The number of rotatable bonds is 2. The summed E-state index contributed by atoms with van der Waals surface area (Å²) >= 11 is 0. The van der Waals surface area contributed by atoms with E-state index >= 15 is 0 Å². The Hall–Kier alpha value is -2.60. The average Bonchev–Trinajstić information content (AvgIpc) is 2.75. The van der Waals surface area contributed by atoms with Crippen molar-refractivity contribution >= 4 is 41.7 Å². The maximum absolute atomic E-state index is 4.33. The standard InChI is InChI=1S/C22H20/c1-5-10-18-11-7-8-13-19-20-14-9-12-17(6-2)21(20)15(3)16(4)22(18)19/h5-6,8-14H,2-4,7H2,1H3/b10-5-. The summed E-state index contributed by atoms with van der Waals surface area (Å²) in [7, 11) is 0. The molecule has 0 saturated carbocycles. The van der Waals surface area contributed by atoms with Gasteiger partial charge in [0.2, 0.25) is 0 Å². The number of allylic oxidation sites excluding steroid dienone is 5. The maximum atomic E-state index is 4.33. The van der Waals surface area contributed by atoms with E-state index in [-0.39, 0.29) is 0 Å². The van der Waals surface area contributed by atoms with Crippen molar-refractivity contribution in [2.75, 3.05) is 0 Å². The number of hydrogen-bond donors (Lipinski definition) is 0. The normalized spacial score (nSPS) is 14.0. The molecule has 0 atom stereocenters. The van der Waals surface area contributed by atoms with Gasteiger partial charge in [0.1, 0.15) is 0 Å². The van der Waals surface area contributed by atoms with Gasteiger partial charge in [-0.3, -0.25) is 0 Å². The van der Waals surface area contributed by atoms with Crippen molar-refractivity contribution in [1.82, 2.24) is 0 Å². The van der Waals surface area contributed by atoms with E-state index < -0.39 is 0 Å². The molecule has 0 N–H and O–H groups in total. The predicted octanol–water partition coefficient (Wildman–Crippen LogP) is 4.68. The van der Waals surface area contributed by atoms with Crippen LogP contribution in [0, 0.1) is 0 Å². The van der Waals surface area contributed by atoms with E-state index in [0.717, 1.165) is 27.8 Å². The minimum Gasteiger partial charge on any atom is -0.0984 e. The second-order valence-electron chi connectivity index (χ2n) is 5.52. The fourth-order valence-electron chi connectivity index (χ4n) is 3.22. The highest BCUT2D eigenvalue weighted by molar-refractivity contribution is 6.01. The van der Waals surface area contributed by atoms with Gasteiger partial charge in [0.25, 0.3) is 0 Å². The summed E-state index contributed by atoms with van der Waals surface area (Å²) in [5, 5.41) is 4.38. The molecule has 0 saturated heterocycles. The summed E-state index contributed by atoms with van der Waals surface area (Å²) in [6.07, 6.45) is 13.7. The Morgan fingerprint density at radius 2 is 1.95 bits per heavy atom. The summed E-state index contributed by atoms with van der Waals surface area (Å²) < 4.78 is 0. The van der Waals surface area contributed by atoms with Gasteiger partial charge >= 0.3 is 0 Å². The van der Waals surface area contributed by atoms with E-state index in [4.69, 9.17) is 0 Å². The van der Waals surface area contributed by atoms with Crippen molar-refractivity contribution in [1.29, 1.82) is 0 Å². The van der Waals surface area contributed by atoms with E-state index in [1.165, 1.54) is 22.1 Å². The number of benzene rings is 2. The third-order valence-corrected chi connectivity index (χ3v) is 4.24. The van der Waals surface area contributed by atoms with Gasteiger partial charge in [0.15, 0.2) is 0 Å². The zero-order valence-electron chi connectivity index (χ0n) is 13.0. The molecule has 1 aliphatic carbocycles. The van der Waals surface area contributed by atoms with Crippen molar-refractivity contribution in [3.63, 3.8) is 0 Å². The molecule has 0 radical (unpaired) electrons. The monoisotopic (exact) mass is 284 g/mol. The molecule has 1 aliphatic rings. The lowest BCUT2D eigenvalue weighted by Gasteiger charge is -2.14. The van der Waals surface area contributed by atoms with Gasteiger partial charge in [-0.25, -0.2) is 0 Å². The molecule has 3 rings (SSSR count). The van der Waals surface area contributed by atoms with Crippen molar-refractivity contribution in [2.45, 2.75) is 13.3 Å². The van der Waals surface area contributed by atoms with Crippen LogP contribution in [-0.2, 0) is 0 Å². The highest BCUT2D eigenvalue weighted by atomic mass is 14.2. The van der Waals surface area contributed by atoms with Crippen molar-refractivity contribution < 1.29 is 0 Å². The van der Waals surface area contributed by atoms with Crippen LogP contribution in [0.1, 0.15) is 30.0 Å². The average molecular weight is 284 g/mol. The Kier molecular flexibility index (Phi) is 3.68. The van der Waals surface area contributed by atoms with Gasteiger partial charge in [0, 0.05) is 0 Å². The first-order chi connectivity index (χ1) is 10.7. The van der Waals surface area contributed by atoms with E-state index in [0.29, 0.717) is 0 Å². The molecular weight excluding hydrogens is 264 g/mol. The highest BCUT2D eigenvalue weighted by Crippen LogP contribution is 2.29. The second kappa shape index (κ2) is 5.65. The molecule has 0 aliphatic heterocycles. The first-order valence-electron chi connectivity index (χ1n) is 7.57. The van der Waals surface area contributed by atoms with Gasteiger partial charge in [-0.1, -0.05) is 74.4 Å². The van der Waals surface area contributed by atoms with Crippen LogP contribution in [-0.4, -0.2) is 0 Å². The van der Waals surface area contributed by atoms with E-state index in [9.17, 15) is 0 Å². The van der Waals surface area contributed by atoms with Crippen LogP contribution in [0.25, 0.3) is 41.7 Å². The summed E-state index contributed by atoms with van der Waals surface area (Å²) in [5.41, 5.74) is 4.77. The van der Waals surface area contributed by atoms with Crippen LogP contribution in [0.3, 0.4) is 0 Å². The Morgan fingerprint density at radius 1 is 1.14 bits per heavy atom. The Bertz CT molecular complexity index is 950. The Labute approximate surface area is 131 Å². The van der Waals surface area contributed by atoms with Crippen LogP contribution < -0.4 is 10.4 Å². The van der Waals surface area contributed by atoms with Crippen molar-refractivity contribution in [3.05, 3.63) is 76.2 Å². The zero-order chi connectivity index (χ0) is 15.7. The Balaban J connectivity index is 2.58. The minimum absolute atomic E-state index is 0.933. The molecule has 0 aromatic heterocycles. The molecule has 0 bridgehead atoms.